The molecule has 0 saturated heterocycles. The number of halogens is 3. The summed E-state index contributed by atoms with van der Waals surface area (Å²) in [5, 5.41) is -1.33. The van der Waals surface area contributed by atoms with Gasteiger partial charge >= 0.3 is 5.51 Å². The van der Waals surface area contributed by atoms with Crippen LogP contribution in [-0.2, 0) is 9.84 Å². The second kappa shape index (κ2) is 3.64. The molecule has 0 aliphatic rings. The van der Waals surface area contributed by atoms with Crippen LogP contribution in [0.15, 0.2) is 0 Å². The zero-order valence-corrected chi connectivity index (χ0v) is 7.67. The average Bonchev–Trinajstić information content (AvgIpc) is 1.85. The van der Waals surface area contributed by atoms with Crippen LogP contribution in [0.5, 0.6) is 0 Å². The summed E-state index contributed by atoms with van der Waals surface area (Å²) in [5.74, 6) is 0. The normalized spacial score (nSPS) is 16.1. The molecule has 0 aliphatic carbocycles. The SMILES string of the molecule is CCCC(C)S(=O)(=O)C(F)(F)F. The third kappa shape index (κ3) is 2.36. The summed E-state index contributed by atoms with van der Waals surface area (Å²) in [7, 11) is -4.94. The fraction of sp³-hybridized carbons (Fsp3) is 1.00. The second-order valence-corrected chi connectivity index (χ2v) is 4.95. The van der Waals surface area contributed by atoms with Gasteiger partial charge in [0, 0.05) is 0 Å². The first-order valence-corrected chi connectivity index (χ1v) is 5.08. The van der Waals surface area contributed by atoms with Gasteiger partial charge in [-0.25, -0.2) is 8.42 Å². The molecule has 0 amide bonds. The van der Waals surface area contributed by atoms with Crippen LogP contribution in [-0.4, -0.2) is 19.2 Å². The molecular weight excluding hydrogens is 193 g/mol. The minimum atomic E-state index is -5.11. The molecule has 0 spiro atoms. The highest BCUT2D eigenvalue weighted by molar-refractivity contribution is 7.92. The van der Waals surface area contributed by atoms with E-state index in [1.165, 1.54) is 0 Å². The van der Waals surface area contributed by atoms with Crippen LogP contribution in [0, 0.1) is 0 Å². The van der Waals surface area contributed by atoms with Gasteiger partial charge in [0.05, 0.1) is 5.25 Å². The Kier molecular flexibility index (Phi) is 3.56. The predicted octanol–water partition coefficient (Wildman–Crippen LogP) is 2.11. The Hall–Kier alpha value is -0.260. The fourth-order valence-corrected chi connectivity index (χ4v) is 1.79. The van der Waals surface area contributed by atoms with Gasteiger partial charge in [-0.2, -0.15) is 13.2 Å². The molecule has 0 rings (SSSR count). The van der Waals surface area contributed by atoms with Gasteiger partial charge in [0.15, 0.2) is 0 Å². The molecule has 12 heavy (non-hydrogen) atoms. The lowest BCUT2D eigenvalue weighted by Crippen LogP contribution is -2.32. The first kappa shape index (κ1) is 11.7. The van der Waals surface area contributed by atoms with Crippen LogP contribution in [0.1, 0.15) is 26.7 Å². The summed E-state index contributed by atoms with van der Waals surface area (Å²) >= 11 is 0. The Morgan fingerprint density at radius 3 is 2.00 bits per heavy atom. The van der Waals surface area contributed by atoms with Crippen LogP contribution in [0.4, 0.5) is 13.2 Å². The third-order valence-corrected chi connectivity index (χ3v) is 3.49. The average molecular weight is 204 g/mol. The van der Waals surface area contributed by atoms with E-state index in [9.17, 15) is 21.6 Å². The van der Waals surface area contributed by atoms with E-state index in [2.05, 4.69) is 0 Å². The second-order valence-electron chi connectivity index (χ2n) is 2.59. The molecule has 0 heterocycles. The van der Waals surface area contributed by atoms with Crippen LogP contribution in [0.25, 0.3) is 0 Å². The summed E-state index contributed by atoms with van der Waals surface area (Å²) in [6.45, 7) is 2.72. The first-order valence-electron chi connectivity index (χ1n) is 3.53. The molecule has 74 valence electrons. The van der Waals surface area contributed by atoms with E-state index in [4.69, 9.17) is 0 Å². The van der Waals surface area contributed by atoms with Crippen molar-refractivity contribution in [3.8, 4) is 0 Å². The van der Waals surface area contributed by atoms with Gasteiger partial charge in [0.2, 0.25) is 9.84 Å². The molecular formula is C6H11F3O2S. The Labute approximate surface area is 69.7 Å². The molecule has 0 aliphatic heterocycles. The fourth-order valence-electron chi connectivity index (χ4n) is 0.790. The Bertz CT molecular complexity index is 230. The van der Waals surface area contributed by atoms with Gasteiger partial charge in [-0.3, -0.25) is 0 Å². The number of hydrogen-bond acceptors (Lipinski definition) is 2. The van der Waals surface area contributed by atoms with Crippen molar-refractivity contribution in [2.45, 2.75) is 37.4 Å². The number of rotatable bonds is 3. The van der Waals surface area contributed by atoms with E-state index < -0.39 is 20.6 Å². The molecule has 0 saturated carbocycles. The van der Waals surface area contributed by atoms with Crippen molar-refractivity contribution < 1.29 is 21.6 Å². The highest BCUT2D eigenvalue weighted by Crippen LogP contribution is 2.28. The number of sulfone groups is 1. The maximum atomic E-state index is 11.8. The van der Waals surface area contributed by atoms with Gasteiger partial charge in [-0.05, 0) is 13.3 Å². The highest BCUT2D eigenvalue weighted by Gasteiger charge is 2.48. The quantitative estimate of drug-likeness (QED) is 0.705. The van der Waals surface area contributed by atoms with Crippen LogP contribution < -0.4 is 0 Å². The Morgan fingerprint density at radius 1 is 1.33 bits per heavy atom. The summed E-state index contributed by atoms with van der Waals surface area (Å²) in [5.41, 5.74) is -5.11. The summed E-state index contributed by atoms with van der Waals surface area (Å²) in [6, 6.07) is 0. The van der Waals surface area contributed by atoms with Crippen molar-refractivity contribution in [2.24, 2.45) is 0 Å². The maximum absolute atomic E-state index is 11.8. The summed E-state index contributed by atoms with van der Waals surface area (Å²) < 4.78 is 56.7. The Morgan fingerprint density at radius 2 is 1.75 bits per heavy atom. The number of hydrogen-bond donors (Lipinski definition) is 0. The van der Waals surface area contributed by atoms with Crippen molar-refractivity contribution in [2.75, 3.05) is 0 Å². The van der Waals surface area contributed by atoms with E-state index in [1.54, 1.807) is 6.92 Å². The molecule has 0 radical (unpaired) electrons. The molecule has 0 aromatic heterocycles. The van der Waals surface area contributed by atoms with Gasteiger partial charge in [0.25, 0.3) is 0 Å². The maximum Gasteiger partial charge on any atom is 0.497 e. The molecule has 1 unspecified atom stereocenters. The molecule has 2 nitrogen and oxygen atoms in total. The van der Waals surface area contributed by atoms with Gasteiger partial charge in [-0.1, -0.05) is 13.3 Å². The van der Waals surface area contributed by atoms with Crippen molar-refractivity contribution in [1.82, 2.24) is 0 Å². The van der Waals surface area contributed by atoms with Gasteiger partial charge < -0.3 is 0 Å². The smallest absolute Gasteiger partial charge is 0.219 e. The molecule has 0 N–H and O–H groups in total. The van der Waals surface area contributed by atoms with Crippen molar-refractivity contribution >= 4 is 9.84 Å². The molecule has 0 aromatic carbocycles. The van der Waals surface area contributed by atoms with Gasteiger partial charge in [0.1, 0.15) is 0 Å². The molecule has 1 atom stereocenters. The monoisotopic (exact) mass is 204 g/mol. The molecule has 6 heteroatoms. The van der Waals surface area contributed by atoms with Gasteiger partial charge in [-0.15, -0.1) is 0 Å². The Balaban J connectivity index is 4.64. The lowest BCUT2D eigenvalue weighted by Gasteiger charge is -2.13. The highest BCUT2D eigenvalue weighted by atomic mass is 32.2. The lowest BCUT2D eigenvalue weighted by molar-refractivity contribution is -0.0444. The molecule has 0 fully saturated rings. The minimum Gasteiger partial charge on any atom is -0.219 e. The van der Waals surface area contributed by atoms with Crippen LogP contribution in [0.3, 0.4) is 0 Å². The van der Waals surface area contributed by atoms with Crippen molar-refractivity contribution in [1.29, 1.82) is 0 Å². The van der Waals surface area contributed by atoms with Crippen LogP contribution >= 0.6 is 0 Å². The van der Waals surface area contributed by atoms with Crippen molar-refractivity contribution in [3.63, 3.8) is 0 Å². The first-order chi connectivity index (χ1) is 5.23. The van der Waals surface area contributed by atoms with E-state index in [0.29, 0.717) is 6.42 Å². The third-order valence-electron chi connectivity index (χ3n) is 1.55. The zero-order chi connectivity index (χ0) is 9.99. The zero-order valence-electron chi connectivity index (χ0n) is 6.85. The number of alkyl halides is 3. The summed E-state index contributed by atoms with van der Waals surface area (Å²) in [6.07, 6.45) is 0.471. The topological polar surface area (TPSA) is 34.1 Å². The molecule has 0 bridgehead atoms. The molecule has 0 aromatic rings. The van der Waals surface area contributed by atoms with E-state index in [1.807, 2.05) is 0 Å². The van der Waals surface area contributed by atoms with E-state index in [0.717, 1.165) is 6.92 Å². The summed E-state index contributed by atoms with van der Waals surface area (Å²) in [4.78, 5) is 0. The minimum absolute atomic E-state index is 0.0435. The standard InChI is InChI=1S/C6H11F3O2S/c1-3-4-5(2)12(10,11)6(7,8)9/h5H,3-4H2,1-2H3. The van der Waals surface area contributed by atoms with Crippen LogP contribution in [0.2, 0.25) is 0 Å². The van der Waals surface area contributed by atoms with E-state index >= 15 is 0 Å². The van der Waals surface area contributed by atoms with Crippen molar-refractivity contribution in [3.05, 3.63) is 0 Å². The predicted molar refractivity (Wildman–Crippen MR) is 39.3 cm³/mol. The van der Waals surface area contributed by atoms with E-state index in [-0.39, 0.29) is 6.42 Å². The largest absolute Gasteiger partial charge is 0.497 e. The lowest BCUT2D eigenvalue weighted by atomic mass is 10.3.